The maximum absolute atomic E-state index is 12.8. The zero-order chi connectivity index (χ0) is 22.4. The maximum atomic E-state index is 12.8. The first-order chi connectivity index (χ1) is 15.4. The molecule has 5 rings (SSSR count). The molecule has 0 saturated heterocycles. The summed E-state index contributed by atoms with van der Waals surface area (Å²) in [5.74, 6) is -0.602. The predicted molar refractivity (Wildman–Crippen MR) is 121 cm³/mol. The van der Waals surface area contributed by atoms with Crippen LogP contribution in [0, 0.1) is 0 Å². The molecule has 10 heteroatoms. The van der Waals surface area contributed by atoms with Crippen LogP contribution in [-0.4, -0.2) is 31.1 Å². The molecule has 1 aliphatic rings. The summed E-state index contributed by atoms with van der Waals surface area (Å²) in [6, 6.07) is 8.52. The third-order valence-corrected chi connectivity index (χ3v) is 6.09. The fraction of sp³-hybridized carbons (Fsp3) is 0.136. The molecule has 4 heterocycles. The van der Waals surface area contributed by atoms with Crippen LogP contribution in [-0.2, 0) is 11.8 Å². The lowest BCUT2D eigenvalue weighted by molar-refractivity contribution is -0.116. The number of amides is 2. The van der Waals surface area contributed by atoms with Crippen molar-refractivity contribution in [2.24, 2.45) is 7.05 Å². The van der Waals surface area contributed by atoms with E-state index in [2.05, 4.69) is 20.7 Å². The number of carbonyl (C=O) groups excluding carboxylic acids is 2. The van der Waals surface area contributed by atoms with Gasteiger partial charge in [-0.05, 0) is 30.7 Å². The molecule has 0 radical (unpaired) electrons. The van der Waals surface area contributed by atoms with Gasteiger partial charge in [0.05, 0.1) is 29.1 Å². The third-order valence-electron chi connectivity index (χ3n) is 5.33. The Hall–Kier alpha value is -4.05. The number of nitrogens with zero attached hydrogens (tertiary/aromatic N) is 4. The summed E-state index contributed by atoms with van der Waals surface area (Å²) in [6.07, 6.45) is 4.72. The van der Waals surface area contributed by atoms with Crippen molar-refractivity contribution in [3.63, 3.8) is 0 Å². The topological polar surface area (TPSA) is 111 Å². The standard InChI is InChI=1S/C22H18N6O3S/c1-12-16-7-13(3-5-17(16)24-20(12)30)18-11-32-22(25-18)26-21(31)14-4-6-19(29)28(9-14)15-8-23-27(2)10-15/h3-12H,1-2H3,(H,24,30)(H,25,26,31). The number of carbonyl (C=O) groups is 2. The van der Waals surface area contributed by atoms with Gasteiger partial charge in [0, 0.05) is 42.1 Å². The van der Waals surface area contributed by atoms with Crippen molar-refractivity contribution in [3.8, 4) is 16.9 Å². The fourth-order valence-corrected chi connectivity index (χ4v) is 4.28. The van der Waals surface area contributed by atoms with Crippen LogP contribution in [0.2, 0.25) is 0 Å². The monoisotopic (exact) mass is 446 g/mol. The molecule has 0 spiro atoms. The van der Waals surface area contributed by atoms with Gasteiger partial charge in [-0.15, -0.1) is 11.3 Å². The van der Waals surface area contributed by atoms with E-state index in [1.54, 1.807) is 24.1 Å². The Morgan fingerprint density at radius 1 is 1.19 bits per heavy atom. The number of benzene rings is 1. The highest BCUT2D eigenvalue weighted by molar-refractivity contribution is 7.14. The van der Waals surface area contributed by atoms with Crippen molar-refractivity contribution in [2.45, 2.75) is 12.8 Å². The molecule has 0 bridgehead atoms. The van der Waals surface area contributed by atoms with Crippen LogP contribution in [0.1, 0.15) is 28.8 Å². The van der Waals surface area contributed by atoms with Gasteiger partial charge in [-0.1, -0.05) is 6.07 Å². The minimum Gasteiger partial charge on any atom is -0.325 e. The molecule has 0 saturated carbocycles. The van der Waals surface area contributed by atoms with Crippen LogP contribution in [0.4, 0.5) is 10.8 Å². The second-order valence-corrected chi connectivity index (χ2v) is 8.36. The zero-order valence-electron chi connectivity index (χ0n) is 17.2. The number of nitrogens with one attached hydrogen (secondary N) is 2. The van der Waals surface area contributed by atoms with E-state index in [0.29, 0.717) is 22.1 Å². The largest absolute Gasteiger partial charge is 0.325 e. The van der Waals surface area contributed by atoms with Gasteiger partial charge in [0.15, 0.2) is 5.13 Å². The molecule has 1 atom stereocenters. The second-order valence-electron chi connectivity index (χ2n) is 7.50. The number of aromatic nitrogens is 4. The van der Waals surface area contributed by atoms with Gasteiger partial charge in [0.1, 0.15) is 0 Å². The van der Waals surface area contributed by atoms with Gasteiger partial charge in [-0.25, -0.2) is 4.98 Å². The minimum absolute atomic E-state index is 0.0176. The van der Waals surface area contributed by atoms with E-state index in [4.69, 9.17) is 0 Å². The van der Waals surface area contributed by atoms with Gasteiger partial charge in [-0.3, -0.25) is 28.9 Å². The highest BCUT2D eigenvalue weighted by atomic mass is 32.1. The van der Waals surface area contributed by atoms with Crippen molar-refractivity contribution in [2.75, 3.05) is 10.6 Å². The Balaban J connectivity index is 1.37. The van der Waals surface area contributed by atoms with Crippen molar-refractivity contribution < 1.29 is 9.59 Å². The highest BCUT2D eigenvalue weighted by Gasteiger charge is 2.26. The van der Waals surface area contributed by atoms with E-state index in [1.165, 1.54) is 34.2 Å². The number of thiazole rings is 1. The molecule has 1 aliphatic heterocycles. The summed E-state index contributed by atoms with van der Waals surface area (Å²) in [7, 11) is 1.75. The van der Waals surface area contributed by atoms with Gasteiger partial charge < -0.3 is 5.32 Å². The molecule has 160 valence electrons. The fourth-order valence-electron chi connectivity index (χ4n) is 3.57. The highest BCUT2D eigenvalue weighted by Crippen LogP contribution is 2.36. The Morgan fingerprint density at radius 2 is 2.03 bits per heavy atom. The first kappa shape index (κ1) is 19.9. The molecule has 4 aromatic rings. The van der Waals surface area contributed by atoms with Crippen molar-refractivity contribution in [1.29, 1.82) is 0 Å². The molecule has 2 amide bonds. The Kier molecular flexibility index (Phi) is 4.71. The summed E-state index contributed by atoms with van der Waals surface area (Å²) in [6.45, 7) is 1.86. The molecule has 0 fully saturated rings. The Labute approximate surface area is 186 Å². The molecular formula is C22H18N6O3S. The van der Waals surface area contributed by atoms with Gasteiger partial charge in [-0.2, -0.15) is 5.10 Å². The third kappa shape index (κ3) is 3.50. The predicted octanol–water partition coefficient (Wildman–Crippen LogP) is 3.00. The van der Waals surface area contributed by atoms with Crippen molar-refractivity contribution >= 4 is 34.0 Å². The summed E-state index contributed by atoms with van der Waals surface area (Å²) < 4.78 is 2.95. The SMILES string of the molecule is CC1C(=O)Nc2ccc(-c3csc(NC(=O)c4ccc(=O)n(-c5cnn(C)c5)c4)n3)cc21. The van der Waals surface area contributed by atoms with Gasteiger partial charge in [0.25, 0.3) is 11.5 Å². The average Bonchev–Trinajstić information content (AvgIpc) is 3.48. The van der Waals surface area contributed by atoms with Crippen LogP contribution < -0.4 is 16.2 Å². The van der Waals surface area contributed by atoms with Crippen LogP contribution in [0.3, 0.4) is 0 Å². The summed E-state index contributed by atoms with van der Waals surface area (Å²) in [5, 5.41) is 12.0. The van der Waals surface area contributed by atoms with E-state index < -0.39 is 0 Å². The Morgan fingerprint density at radius 3 is 2.81 bits per heavy atom. The zero-order valence-corrected chi connectivity index (χ0v) is 18.0. The van der Waals surface area contributed by atoms with Crippen LogP contribution >= 0.6 is 11.3 Å². The van der Waals surface area contributed by atoms with Crippen LogP contribution in [0.15, 0.2) is 59.1 Å². The number of hydrogen-bond acceptors (Lipinski definition) is 6. The lowest BCUT2D eigenvalue weighted by Gasteiger charge is -2.06. The van der Waals surface area contributed by atoms with E-state index in [9.17, 15) is 14.4 Å². The maximum Gasteiger partial charge on any atom is 0.258 e. The van der Waals surface area contributed by atoms with Crippen molar-refractivity contribution in [1.82, 2.24) is 19.3 Å². The van der Waals surface area contributed by atoms with Crippen LogP contribution in [0.25, 0.3) is 16.9 Å². The van der Waals surface area contributed by atoms with E-state index in [0.717, 1.165) is 16.8 Å². The molecule has 1 unspecified atom stereocenters. The molecular weight excluding hydrogens is 428 g/mol. The molecule has 9 nitrogen and oxygen atoms in total. The molecule has 1 aromatic carbocycles. The first-order valence-corrected chi connectivity index (χ1v) is 10.7. The van der Waals surface area contributed by atoms with E-state index in [-0.39, 0.29) is 23.3 Å². The molecule has 3 aromatic heterocycles. The van der Waals surface area contributed by atoms with Gasteiger partial charge in [0.2, 0.25) is 5.91 Å². The smallest absolute Gasteiger partial charge is 0.258 e. The van der Waals surface area contributed by atoms with E-state index >= 15 is 0 Å². The number of rotatable bonds is 4. The summed E-state index contributed by atoms with van der Waals surface area (Å²) >= 11 is 1.30. The lowest BCUT2D eigenvalue weighted by atomic mass is 10.00. The number of aryl methyl sites for hydroxylation is 1. The number of fused-ring (bicyclic) bond motifs is 1. The quantitative estimate of drug-likeness (QED) is 0.501. The second kappa shape index (κ2) is 7.57. The summed E-state index contributed by atoms with van der Waals surface area (Å²) in [4.78, 5) is 41.4. The van der Waals surface area contributed by atoms with Gasteiger partial charge >= 0.3 is 0 Å². The molecule has 2 N–H and O–H groups in total. The minimum atomic E-state index is -0.374. The molecule has 0 aliphatic carbocycles. The number of pyridine rings is 1. The van der Waals surface area contributed by atoms with Crippen molar-refractivity contribution in [3.05, 3.63) is 75.8 Å². The lowest BCUT2D eigenvalue weighted by Crippen LogP contribution is -2.20. The first-order valence-electron chi connectivity index (χ1n) is 9.83. The number of anilines is 2. The average molecular weight is 446 g/mol. The molecule has 32 heavy (non-hydrogen) atoms. The van der Waals surface area contributed by atoms with Crippen LogP contribution in [0.5, 0.6) is 0 Å². The normalized spacial score (nSPS) is 14.8. The number of hydrogen-bond donors (Lipinski definition) is 2. The Bertz CT molecular complexity index is 1430. The van der Waals surface area contributed by atoms with E-state index in [1.807, 2.05) is 30.5 Å². The summed E-state index contributed by atoms with van der Waals surface area (Å²) in [5.41, 5.74) is 3.96.